The molecule has 0 saturated carbocycles. The predicted octanol–water partition coefficient (Wildman–Crippen LogP) is 2.96. The van der Waals surface area contributed by atoms with Gasteiger partial charge in [0.2, 0.25) is 0 Å². The van der Waals surface area contributed by atoms with Crippen molar-refractivity contribution in [3.05, 3.63) is 60.3 Å². The van der Waals surface area contributed by atoms with Crippen LogP contribution in [0.25, 0.3) is 0 Å². The maximum atomic E-state index is 12.3. The molecule has 1 aliphatic heterocycles. The Hall–Kier alpha value is -3.55. The summed E-state index contributed by atoms with van der Waals surface area (Å²) in [5, 5.41) is 14.1. The van der Waals surface area contributed by atoms with Crippen LogP contribution >= 0.6 is 0 Å². The molecule has 8 heteroatoms. The summed E-state index contributed by atoms with van der Waals surface area (Å²) < 4.78 is 15.6. The Morgan fingerprint density at radius 2 is 1.68 bits per heavy atom. The van der Waals surface area contributed by atoms with E-state index in [1.807, 2.05) is 0 Å². The standard InChI is InChI=1S/C17H17N3O5/c1-23-13-9-5-3-7-11(13)18-16-15(21)19-20(17(22)25-16)12-8-4-6-10-14(12)24-2/h3-10,18-19,21H,1-2H3. The highest BCUT2D eigenvalue weighted by molar-refractivity contribution is 5.90. The van der Waals surface area contributed by atoms with E-state index in [1.165, 1.54) is 14.2 Å². The summed E-state index contributed by atoms with van der Waals surface area (Å²) >= 11 is 0. The first-order valence-corrected chi connectivity index (χ1v) is 7.39. The minimum absolute atomic E-state index is 0.138. The summed E-state index contributed by atoms with van der Waals surface area (Å²) in [5.74, 6) is 0.476. The molecule has 0 saturated heterocycles. The number of ether oxygens (including phenoxy) is 3. The van der Waals surface area contributed by atoms with Crippen molar-refractivity contribution in [2.24, 2.45) is 0 Å². The molecule has 1 heterocycles. The molecule has 8 nitrogen and oxygen atoms in total. The SMILES string of the molecule is COc1ccccc1NC1=C(O)NN(c2ccccc2OC)C(=O)O1. The first-order chi connectivity index (χ1) is 12.1. The van der Waals surface area contributed by atoms with Gasteiger partial charge >= 0.3 is 6.09 Å². The number of carbonyl (C=O) groups excluding carboxylic acids is 1. The summed E-state index contributed by atoms with van der Waals surface area (Å²) in [6, 6.07) is 13.9. The zero-order chi connectivity index (χ0) is 17.8. The molecular formula is C17H17N3O5. The number of aliphatic hydroxyl groups excluding tert-OH is 1. The quantitative estimate of drug-likeness (QED) is 0.768. The van der Waals surface area contributed by atoms with Crippen LogP contribution in [0.15, 0.2) is 60.3 Å². The summed E-state index contributed by atoms with van der Waals surface area (Å²) in [4.78, 5) is 12.3. The van der Waals surface area contributed by atoms with E-state index in [0.29, 0.717) is 22.9 Å². The zero-order valence-corrected chi connectivity index (χ0v) is 13.6. The number of hydrogen-bond donors (Lipinski definition) is 3. The first kappa shape index (κ1) is 16.3. The molecule has 0 bridgehead atoms. The van der Waals surface area contributed by atoms with Crippen molar-refractivity contribution in [3.8, 4) is 11.5 Å². The third-order valence-corrected chi connectivity index (χ3v) is 3.49. The fourth-order valence-electron chi connectivity index (χ4n) is 2.31. The predicted molar refractivity (Wildman–Crippen MR) is 91.4 cm³/mol. The number of nitrogens with zero attached hydrogens (tertiary/aromatic N) is 1. The summed E-state index contributed by atoms with van der Waals surface area (Å²) in [6.45, 7) is 0. The Labute approximate surface area is 144 Å². The van der Waals surface area contributed by atoms with Gasteiger partial charge in [-0.25, -0.2) is 4.79 Å². The van der Waals surface area contributed by atoms with Gasteiger partial charge in [0.05, 0.1) is 19.9 Å². The van der Waals surface area contributed by atoms with Crippen LogP contribution in [0, 0.1) is 0 Å². The average Bonchev–Trinajstić information content (AvgIpc) is 2.65. The number of hydrogen-bond acceptors (Lipinski definition) is 7. The molecule has 2 aromatic carbocycles. The van der Waals surface area contributed by atoms with Crippen LogP contribution in [-0.4, -0.2) is 25.4 Å². The lowest BCUT2D eigenvalue weighted by Crippen LogP contribution is -2.48. The van der Waals surface area contributed by atoms with Crippen molar-refractivity contribution in [2.75, 3.05) is 24.5 Å². The summed E-state index contributed by atoms with van der Waals surface area (Å²) in [5.41, 5.74) is 3.51. The van der Waals surface area contributed by atoms with Gasteiger partial charge in [-0.2, -0.15) is 5.01 Å². The largest absolute Gasteiger partial charge is 0.495 e. The third-order valence-electron chi connectivity index (χ3n) is 3.49. The van der Waals surface area contributed by atoms with Crippen molar-refractivity contribution >= 4 is 17.5 Å². The number of hydrazine groups is 1. The number of benzene rings is 2. The Morgan fingerprint density at radius 3 is 2.40 bits per heavy atom. The number of anilines is 2. The minimum atomic E-state index is -0.736. The van der Waals surface area contributed by atoms with E-state index in [1.54, 1.807) is 48.5 Å². The lowest BCUT2D eigenvalue weighted by atomic mass is 10.3. The lowest BCUT2D eigenvalue weighted by Gasteiger charge is -2.29. The number of methoxy groups -OCH3 is 2. The summed E-state index contributed by atoms with van der Waals surface area (Å²) in [7, 11) is 3.00. The van der Waals surface area contributed by atoms with Gasteiger partial charge in [-0.15, -0.1) is 0 Å². The van der Waals surface area contributed by atoms with E-state index < -0.39 is 6.09 Å². The van der Waals surface area contributed by atoms with Gasteiger partial charge < -0.3 is 24.6 Å². The second-order valence-corrected chi connectivity index (χ2v) is 4.99. The van der Waals surface area contributed by atoms with Gasteiger partial charge in [-0.3, -0.25) is 5.43 Å². The van der Waals surface area contributed by atoms with Gasteiger partial charge in [0.25, 0.3) is 11.8 Å². The maximum Gasteiger partial charge on any atom is 0.440 e. The number of para-hydroxylation sites is 4. The van der Waals surface area contributed by atoms with Gasteiger partial charge in [-0.05, 0) is 24.3 Å². The van der Waals surface area contributed by atoms with Crippen molar-refractivity contribution in [1.82, 2.24) is 5.43 Å². The lowest BCUT2D eigenvalue weighted by molar-refractivity contribution is 0.158. The maximum absolute atomic E-state index is 12.3. The highest BCUT2D eigenvalue weighted by atomic mass is 16.6. The number of nitrogens with one attached hydrogen (secondary N) is 2. The van der Waals surface area contributed by atoms with Gasteiger partial charge in [0, 0.05) is 0 Å². The van der Waals surface area contributed by atoms with Crippen LogP contribution in [0.1, 0.15) is 0 Å². The van der Waals surface area contributed by atoms with Crippen LogP contribution in [-0.2, 0) is 4.74 Å². The number of amides is 1. The fraction of sp³-hybridized carbons (Fsp3) is 0.118. The molecule has 0 unspecified atom stereocenters. The monoisotopic (exact) mass is 343 g/mol. The van der Waals surface area contributed by atoms with Gasteiger partial charge in [-0.1, -0.05) is 24.3 Å². The molecule has 3 rings (SSSR count). The van der Waals surface area contributed by atoms with Crippen LogP contribution in [0.5, 0.6) is 11.5 Å². The topological polar surface area (TPSA) is 92.3 Å². The molecule has 3 N–H and O–H groups in total. The molecule has 0 radical (unpaired) electrons. The van der Waals surface area contributed by atoms with Crippen molar-refractivity contribution in [1.29, 1.82) is 0 Å². The normalized spacial score (nSPS) is 13.8. The van der Waals surface area contributed by atoms with Crippen molar-refractivity contribution in [2.45, 2.75) is 0 Å². The molecule has 0 aliphatic carbocycles. The Balaban J connectivity index is 1.86. The fourth-order valence-corrected chi connectivity index (χ4v) is 2.31. The van der Waals surface area contributed by atoms with Crippen LogP contribution < -0.4 is 25.2 Å². The highest BCUT2D eigenvalue weighted by Crippen LogP contribution is 2.30. The average molecular weight is 343 g/mol. The van der Waals surface area contributed by atoms with E-state index in [2.05, 4.69) is 10.7 Å². The Kier molecular flexibility index (Phi) is 4.51. The number of rotatable bonds is 5. The molecule has 0 aromatic heterocycles. The summed E-state index contributed by atoms with van der Waals surface area (Å²) in [6.07, 6.45) is -0.736. The van der Waals surface area contributed by atoms with Crippen molar-refractivity contribution in [3.63, 3.8) is 0 Å². The second kappa shape index (κ2) is 6.91. The molecular weight excluding hydrogens is 326 g/mol. The number of cyclic esters (lactones) is 1. The molecule has 0 atom stereocenters. The van der Waals surface area contributed by atoms with Crippen LogP contribution in [0.2, 0.25) is 0 Å². The number of aliphatic hydroxyl groups is 1. The van der Waals surface area contributed by atoms with Crippen LogP contribution in [0.4, 0.5) is 16.2 Å². The van der Waals surface area contributed by atoms with E-state index in [4.69, 9.17) is 14.2 Å². The minimum Gasteiger partial charge on any atom is -0.495 e. The zero-order valence-electron chi connectivity index (χ0n) is 13.6. The Bertz CT molecular complexity index is 821. The molecule has 1 amide bonds. The molecule has 0 spiro atoms. The molecule has 25 heavy (non-hydrogen) atoms. The van der Waals surface area contributed by atoms with Crippen LogP contribution in [0.3, 0.4) is 0 Å². The highest BCUT2D eigenvalue weighted by Gasteiger charge is 2.30. The van der Waals surface area contributed by atoms with E-state index in [9.17, 15) is 9.90 Å². The third kappa shape index (κ3) is 3.23. The smallest absolute Gasteiger partial charge is 0.440 e. The molecule has 0 fully saturated rings. The Morgan fingerprint density at radius 1 is 1.04 bits per heavy atom. The molecule has 2 aromatic rings. The number of carbonyl (C=O) groups is 1. The molecule has 130 valence electrons. The molecule has 1 aliphatic rings. The second-order valence-electron chi connectivity index (χ2n) is 4.99. The van der Waals surface area contributed by atoms with E-state index in [0.717, 1.165) is 5.01 Å². The van der Waals surface area contributed by atoms with Gasteiger partial charge in [0.15, 0.2) is 0 Å². The van der Waals surface area contributed by atoms with E-state index >= 15 is 0 Å². The first-order valence-electron chi connectivity index (χ1n) is 7.39. The van der Waals surface area contributed by atoms with Crippen molar-refractivity contribution < 1.29 is 24.1 Å². The van der Waals surface area contributed by atoms with E-state index in [-0.39, 0.29) is 11.8 Å². The van der Waals surface area contributed by atoms with Gasteiger partial charge in [0.1, 0.15) is 17.2 Å².